The topological polar surface area (TPSA) is 87.5 Å². The molecule has 0 radical (unpaired) electrons. The number of imidazole rings is 1. The molecular weight excluding hydrogens is 438 g/mol. The Bertz CT molecular complexity index is 1220. The van der Waals surface area contributed by atoms with Gasteiger partial charge in [-0.15, -0.1) is 0 Å². The van der Waals surface area contributed by atoms with Crippen molar-refractivity contribution in [3.05, 3.63) is 77.9 Å². The molecule has 0 spiro atoms. The molecule has 1 saturated heterocycles. The lowest BCUT2D eigenvalue weighted by atomic mass is 10.1. The number of rotatable bonds is 8. The van der Waals surface area contributed by atoms with Gasteiger partial charge in [0, 0.05) is 58.4 Å². The van der Waals surface area contributed by atoms with Gasteiger partial charge in [-0.25, -0.2) is 17.7 Å². The van der Waals surface area contributed by atoms with Gasteiger partial charge < -0.3 is 14.8 Å². The summed E-state index contributed by atoms with van der Waals surface area (Å²) in [6.07, 6.45) is 7.50. The molecule has 1 aliphatic rings. The standard InChI is InChI=1S/C24H29N5O3S/c1-27(2)33(31,32)21-9-10-23(29-12-5-6-13-29)22(15-21)24(30)26-16-19-7-3-4-8-20(19)17-28-14-11-25-18-28/h3-4,7-11,14-15,18H,5-6,12-13,16-17H2,1-2H3,(H,26,30). The van der Waals surface area contributed by atoms with Crippen LogP contribution >= 0.6 is 0 Å². The molecule has 0 atom stereocenters. The average Bonchev–Trinajstić information content (AvgIpc) is 3.52. The summed E-state index contributed by atoms with van der Waals surface area (Å²) < 4.78 is 28.5. The van der Waals surface area contributed by atoms with Crippen LogP contribution in [-0.4, -0.2) is 55.4 Å². The Morgan fingerprint density at radius 2 is 1.82 bits per heavy atom. The van der Waals surface area contributed by atoms with Gasteiger partial charge >= 0.3 is 0 Å². The number of hydrogen-bond acceptors (Lipinski definition) is 5. The summed E-state index contributed by atoms with van der Waals surface area (Å²) >= 11 is 0. The van der Waals surface area contributed by atoms with Crippen LogP contribution < -0.4 is 10.2 Å². The van der Waals surface area contributed by atoms with Crippen molar-refractivity contribution in [2.75, 3.05) is 32.1 Å². The van der Waals surface area contributed by atoms with Crippen molar-refractivity contribution in [1.82, 2.24) is 19.2 Å². The van der Waals surface area contributed by atoms with Crippen LogP contribution in [0.25, 0.3) is 0 Å². The first kappa shape index (κ1) is 23.0. The third kappa shape index (κ3) is 5.09. The van der Waals surface area contributed by atoms with E-state index in [0.29, 0.717) is 18.7 Å². The van der Waals surface area contributed by atoms with Crippen molar-refractivity contribution in [2.45, 2.75) is 30.8 Å². The molecule has 1 N–H and O–H groups in total. The first-order valence-electron chi connectivity index (χ1n) is 11.0. The Labute approximate surface area is 194 Å². The summed E-state index contributed by atoms with van der Waals surface area (Å²) in [6.45, 7) is 2.71. The molecule has 1 aromatic heterocycles. The first-order chi connectivity index (χ1) is 15.9. The molecule has 3 aromatic rings. The number of amides is 1. The molecule has 0 unspecified atom stereocenters. The number of nitrogens with zero attached hydrogens (tertiary/aromatic N) is 4. The van der Waals surface area contributed by atoms with E-state index in [4.69, 9.17) is 0 Å². The summed E-state index contributed by atoms with van der Waals surface area (Å²) in [5.74, 6) is -0.287. The number of carbonyl (C=O) groups excluding carboxylic acids is 1. The van der Waals surface area contributed by atoms with Crippen LogP contribution in [0.1, 0.15) is 34.3 Å². The van der Waals surface area contributed by atoms with Gasteiger partial charge in [0.2, 0.25) is 10.0 Å². The van der Waals surface area contributed by atoms with Crippen molar-refractivity contribution < 1.29 is 13.2 Å². The van der Waals surface area contributed by atoms with E-state index in [2.05, 4.69) is 15.2 Å². The van der Waals surface area contributed by atoms with Gasteiger partial charge in [-0.2, -0.15) is 0 Å². The minimum Gasteiger partial charge on any atom is -0.371 e. The van der Waals surface area contributed by atoms with Crippen molar-refractivity contribution in [3.8, 4) is 0 Å². The summed E-state index contributed by atoms with van der Waals surface area (Å²) in [4.78, 5) is 19.7. The number of anilines is 1. The fourth-order valence-electron chi connectivity index (χ4n) is 4.03. The Kier molecular flexibility index (Phi) is 6.80. The normalized spacial score (nSPS) is 14.1. The third-order valence-electron chi connectivity index (χ3n) is 5.91. The molecule has 1 aliphatic heterocycles. The highest BCUT2D eigenvalue weighted by molar-refractivity contribution is 7.89. The molecule has 4 rings (SSSR count). The van der Waals surface area contributed by atoms with E-state index in [1.807, 2.05) is 35.0 Å². The third-order valence-corrected chi connectivity index (χ3v) is 7.72. The van der Waals surface area contributed by atoms with E-state index in [-0.39, 0.29) is 10.8 Å². The molecule has 0 bridgehead atoms. The van der Waals surface area contributed by atoms with Crippen LogP contribution in [-0.2, 0) is 23.1 Å². The number of hydrogen-bond donors (Lipinski definition) is 1. The molecule has 2 aromatic carbocycles. The summed E-state index contributed by atoms with van der Waals surface area (Å²) in [5.41, 5.74) is 3.24. The van der Waals surface area contributed by atoms with Gasteiger partial charge in [0.05, 0.1) is 16.8 Å². The molecular formula is C24H29N5O3S. The summed E-state index contributed by atoms with van der Waals surface area (Å²) in [6, 6.07) is 12.8. The zero-order valence-electron chi connectivity index (χ0n) is 18.9. The van der Waals surface area contributed by atoms with Gasteiger partial charge in [0.15, 0.2) is 0 Å². The Hall–Kier alpha value is -3.17. The van der Waals surface area contributed by atoms with Crippen molar-refractivity contribution >= 4 is 21.6 Å². The van der Waals surface area contributed by atoms with Gasteiger partial charge in [-0.3, -0.25) is 4.79 Å². The number of aromatic nitrogens is 2. The highest BCUT2D eigenvalue weighted by Crippen LogP contribution is 2.28. The van der Waals surface area contributed by atoms with Crippen molar-refractivity contribution in [2.24, 2.45) is 0 Å². The Morgan fingerprint density at radius 3 is 2.48 bits per heavy atom. The second kappa shape index (κ2) is 9.76. The van der Waals surface area contributed by atoms with Gasteiger partial charge in [0.1, 0.15) is 0 Å². The molecule has 2 heterocycles. The van der Waals surface area contributed by atoms with Gasteiger partial charge in [-0.1, -0.05) is 24.3 Å². The smallest absolute Gasteiger partial charge is 0.253 e. The Balaban J connectivity index is 1.60. The minimum absolute atomic E-state index is 0.112. The van der Waals surface area contributed by atoms with E-state index >= 15 is 0 Å². The van der Waals surface area contributed by atoms with Crippen LogP contribution in [0.5, 0.6) is 0 Å². The number of benzene rings is 2. The highest BCUT2D eigenvalue weighted by atomic mass is 32.2. The van der Waals surface area contributed by atoms with Gasteiger partial charge in [0.25, 0.3) is 5.91 Å². The lowest BCUT2D eigenvalue weighted by Gasteiger charge is -2.22. The molecule has 9 heteroatoms. The summed E-state index contributed by atoms with van der Waals surface area (Å²) in [7, 11) is -0.676. The first-order valence-corrected chi connectivity index (χ1v) is 12.4. The zero-order valence-corrected chi connectivity index (χ0v) is 19.8. The number of sulfonamides is 1. The van der Waals surface area contributed by atoms with E-state index in [9.17, 15) is 13.2 Å². The van der Waals surface area contributed by atoms with Crippen molar-refractivity contribution in [3.63, 3.8) is 0 Å². The predicted octanol–water partition coefficient (Wildman–Crippen LogP) is 2.71. The maximum Gasteiger partial charge on any atom is 0.253 e. The van der Waals surface area contributed by atoms with E-state index in [1.54, 1.807) is 24.7 Å². The minimum atomic E-state index is -3.65. The molecule has 0 saturated carbocycles. The maximum atomic E-state index is 13.3. The lowest BCUT2D eigenvalue weighted by molar-refractivity contribution is 0.0951. The largest absolute Gasteiger partial charge is 0.371 e. The second-order valence-electron chi connectivity index (χ2n) is 8.35. The van der Waals surface area contributed by atoms with E-state index < -0.39 is 10.0 Å². The number of carbonyl (C=O) groups is 1. The molecule has 1 amide bonds. The van der Waals surface area contributed by atoms with Crippen LogP contribution in [0, 0.1) is 0 Å². The molecule has 0 aliphatic carbocycles. The van der Waals surface area contributed by atoms with Crippen molar-refractivity contribution in [1.29, 1.82) is 0 Å². The monoisotopic (exact) mass is 467 g/mol. The molecule has 174 valence electrons. The van der Waals surface area contributed by atoms with Crippen LogP contribution in [0.2, 0.25) is 0 Å². The predicted molar refractivity (Wildman–Crippen MR) is 128 cm³/mol. The summed E-state index contributed by atoms with van der Waals surface area (Å²) in [5, 5.41) is 3.01. The van der Waals surface area contributed by atoms with Gasteiger partial charge in [-0.05, 0) is 42.2 Å². The SMILES string of the molecule is CN(C)S(=O)(=O)c1ccc(N2CCCC2)c(C(=O)NCc2ccccc2Cn2ccnc2)c1. The fraction of sp³-hybridized carbons (Fsp3) is 0.333. The fourth-order valence-corrected chi connectivity index (χ4v) is 4.96. The second-order valence-corrected chi connectivity index (χ2v) is 10.5. The lowest BCUT2D eigenvalue weighted by Crippen LogP contribution is -2.29. The zero-order chi connectivity index (χ0) is 23.4. The van der Waals surface area contributed by atoms with E-state index in [1.165, 1.54) is 20.2 Å². The maximum absolute atomic E-state index is 13.3. The van der Waals surface area contributed by atoms with Crippen LogP contribution in [0.15, 0.2) is 66.1 Å². The molecule has 1 fully saturated rings. The molecule has 8 nitrogen and oxygen atoms in total. The highest BCUT2D eigenvalue weighted by Gasteiger charge is 2.24. The quantitative estimate of drug-likeness (QED) is 0.550. The number of nitrogens with one attached hydrogen (secondary N) is 1. The molecule has 33 heavy (non-hydrogen) atoms. The average molecular weight is 468 g/mol. The van der Waals surface area contributed by atoms with E-state index in [0.717, 1.165) is 47.1 Å². The Morgan fingerprint density at radius 1 is 1.09 bits per heavy atom. The van der Waals surface area contributed by atoms with Crippen LogP contribution in [0.4, 0.5) is 5.69 Å². The van der Waals surface area contributed by atoms with Crippen LogP contribution in [0.3, 0.4) is 0 Å².